The summed E-state index contributed by atoms with van der Waals surface area (Å²) in [6.07, 6.45) is 0.531. The number of rotatable bonds is 6. The van der Waals surface area contributed by atoms with Crippen LogP contribution in [-0.4, -0.2) is 8.42 Å². The van der Waals surface area contributed by atoms with Crippen molar-refractivity contribution in [2.24, 2.45) is 0 Å². The summed E-state index contributed by atoms with van der Waals surface area (Å²) in [5, 5.41) is -0.818. The first-order valence-electron chi connectivity index (χ1n) is 8.36. The number of halogens is 3. The van der Waals surface area contributed by atoms with Gasteiger partial charge in [0.15, 0.2) is 9.84 Å². The van der Waals surface area contributed by atoms with Crippen molar-refractivity contribution >= 4 is 21.4 Å². The molecular weight excluding hydrogens is 390 g/mol. The van der Waals surface area contributed by atoms with Crippen LogP contribution in [0, 0.1) is 11.6 Å². The Bertz CT molecular complexity index is 1020. The van der Waals surface area contributed by atoms with E-state index in [1.54, 1.807) is 0 Å². The fraction of sp³-hybridized carbons (Fsp3) is 0.143. The normalized spacial score (nSPS) is 12.7. The maximum atomic E-state index is 14.4. The van der Waals surface area contributed by atoms with Gasteiger partial charge in [0.1, 0.15) is 11.6 Å². The van der Waals surface area contributed by atoms with Crippen molar-refractivity contribution in [3.8, 4) is 0 Å². The third kappa shape index (κ3) is 4.54. The van der Waals surface area contributed by atoms with Crippen LogP contribution in [0.2, 0.25) is 5.02 Å². The molecule has 0 aliphatic rings. The molecule has 2 nitrogen and oxygen atoms in total. The van der Waals surface area contributed by atoms with Crippen LogP contribution >= 0.6 is 11.6 Å². The summed E-state index contributed by atoms with van der Waals surface area (Å²) in [7, 11) is -3.95. The van der Waals surface area contributed by atoms with Gasteiger partial charge in [-0.15, -0.1) is 0 Å². The van der Waals surface area contributed by atoms with Crippen molar-refractivity contribution in [3.05, 3.63) is 101 Å². The molecule has 0 saturated carbocycles. The number of sulfone groups is 1. The van der Waals surface area contributed by atoms with Crippen LogP contribution in [0.15, 0.2) is 77.7 Å². The smallest absolute Gasteiger partial charge is 0.185 e. The zero-order valence-corrected chi connectivity index (χ0v) is 15.9. The summed E-state index contributed by atoms with van der Waals surface area (Å²) in [5.74, 6) is -1.42. The lowest BCUT2D eigenvalue weighted by Crippen LogP contribution is -2.16. The molecular formula is C21H17ClF2O2S. The Morgan fingerprint density at radius 3 is 2.22 bits per heavy atom. The van der Waals surface area contributed by atoms with Crippen LogP contribution < -0.4 is 0 Å². The maximum Gasteiger partial charge on any atom is 0.185 e. The summed E-state index contributed by atoms with van der Waals surface area (Å²) in [5.41, 5.74) is 0.756. The van der Waals surface area contributed by atoms with Crippen LogP contribution in [0.1, 0.15) is 22.8 Å². The Labute approximate surface area is 162 Å². The predicted molar refractivity (Wildman–Crippen MR) is 102 cm³/mol. The van der Waals surface area contributed by atoms with Crippen LogP contribution in [0.25, 0.3) is 0 Å². The summed E-state index contributed by atoms with van der Waals surface area (Å²) >= 11 is 5.84. The molecule has 27 heavy (non-hydrogen) atoms. The van der Waals surface area contributed by atoms with E-state index in [9.17, 15) is 17.2 Å². The molecule has 0 aliphatic heterocycles. The van der Waals surface area contributed by atoms with E-state index in [0.717, 1.165) is 23.8 Å². The summed E-state index contributed by atoms with van der Waals surface area (Å²) in [6, 6.07) is 17.9. The van der Waals surface area contributed by atoms with Gasteiger partial charge in [-0.25, -0.2) is 17.2 Å². The molecule has 0 N–H and O–H groups in total. The first-order chi connectivity index (χ1) is 12.9. The summed E-state index contributed by atoms with van der Waals surface area (Å²) in [4.78, 5) is 0.0219. The quantitative estimate of drug-likeness (QED) is 0.521. The van der Waals surface area contributed by atoms with Crippen molar-refractivity contribution < 1.29 is 17.2 Å². The van der Waals surface area contributed by atoms with Crippen LogP contribution in [0.3, 0.4) is 0 Å². The van der Waals surface area contributed by atoms with Crippen LogP contribution in [-0.2, 0) is 16.3 Å². The van der Waals surface area contributed by atoms with Gasteiger partial charge in [0, 0.05) is 10.6 Å². The van der Waals surface area contributed by atoms with Gasteiger partial charge in [0.05, 0.1) is 10.1 Å². The topological polar surface area (TPSA) is 34.1 Å². The van der Waals surface area contributed by atoms with E-state index in [0.29, 0.717) is 11.4 Å². The van der Waals surface area contributed by atoms with Gasteiger partial charge < -0.3 is 0 Å². The standard InChI is InChI=1S/C21H17ClF2O2S/c22-16-7-10-18(11-8-16)27(25,26)21(13-6-15-4-2-1-3-5-15)19-14-17(23)9-12-20(19)24/h1-5,7-12,14,21H,6,13H2. The average molecular weight is 407 g/mol. The highest BCUT2D eigenvalue weighted by molar-refractivity contribution is 7.91. The summed E-state index contributed by atoms with van der Waals surface area (Å²) in [6.45, 7) is 0. The largest absolute Gasteiger partial charge is 0.223 e. The molecule has 1 atom stereocenters. The van der Waals surface area contributed by atoms with Crippen molar-refractivity contribution in [1.82, 2.24) is 0 Å². The zero-order valence-electron chi connectivity index (χ0n) is 14.3. The third-order valence-electron chi connectivity index (χ3n) is 4.36. The van der Waals surface area contributed by atoms with Crippen LogP contribution in [0.5, 0.6) is 0 Å². The van der Waals surface area contributed by atoms with Crippen molar-refractivity contribution in [2.45, 2.75) is 23.0 Å². The van der Waals surface area contributed by atoms with Gasteiger partial charge >= 0.3 is 0 Å². The molecule has 0 saturated heterocycles. The molecule has 3 aromatic carbocycles. The van der Waals surface area contributed by atoms with Gasteiger partial charge in [0.2, 0.25) is 0 Å². The number of hydrogen-bond donors (Lipinski definition) is 0. The lowest BCUT2D eigenvalue weighted by molar-refractivity contribution is 0.551. The van der Waals surface area contributed by atoms with E-state index in [2.05, 4.69) is 0 Å². The molecule has 0 heterocycles. The van der Waals surface area contributed by atoms with E-state index >= 15 is 0 Å². The Morgan fingerprint density at radius 2 is 1.56 bits per heavy atom. The first kappa shape index (κ1) is 19.5. The van der Waals surface area contributed by atoms with E-state index in [-0.39, 0.29) is 16.9 Å². The van der Waals surface area contributed by atoms with Gasteiger partial charge in [-0.3, -0.25) is 0 Å². The number of hydrogen-bond acceptors (Lipinski definition) is 2. The molecule has 0 amide bonds. The molecule has 0 aliphatic carbocycles. The molecule has 0 bridgehead atoms. The molecule has 1 unspecified atom stereocenters. The lowest BCUT2D eigenvalue weighted by Gasteiger charge is -2.19. The molecule has 0 radical (unpaired) electrons. The Hall–Kier alpha value is -2.24. The minimum atomic E-state index is -3.95. The molecule has 0 fully saturated rings. The van der Waals surface area contributed by atoms with Gasteiger partial charge in [0.25, 0.3) is 0 Å². The van der Waals surface area contributed by atoms with E-state index in [4.69, 9.17) is 11.6 Å². The minimum absolute atomic E-state index is 0.0219. The molecule has 0 aromatic heterocycles. The monoisotopic (exact) mass is 406 g/mol. The second-order valence-electron chi connectivity index (χ2n) is 6.18. The average Bonchev–Trinajstić information content (AvgIpc) is 2.65. The molecule has 0 spiro atoms. The second kappa shape index (κ2) is 8.19. The highest BCUT2D eigenvalue weighted by Crippen LogP contribution is 2.35. The molecule has 3 aromatic rings. The van der Waals surface area contributed by atoms with Gasteiger partial charge in [-0.2, -0.15) is 0 Å². The van der Waals surface area contributed by atoms with E-state index < -0.39 is 26.7 Å². The molecule has 6 heteroatoms. The minimum Gasteiger partial charge on any atom is -0.223 e. The van der Waals surface area contributed by atoms with Gasteiger partial charge in [-0.05, 0) is 60.9 Å². The van der Waals surface area contributed by atoms with E-state index in [1.165, 1.54) is 24.3 Å². The lowest BCUT2D eigenvalue weighted by atomic mass is 10.0. The Kier molecular flexibility index (Phi) is 5.92. The Morgan fingerprint density at radius 1 is 0.889 bits per heavy atom. The van der Waals surface area contributed by atoms with E-state index in [1.807, 2.05) is 30.3 Å². The second-order valence-corrected chi connectivity index (χ2v) is 8.74. The van der Waals surface area contributed by atoms with Crippen LogP contribution in [0.4, 0.5) is 8.78 Å². The highest BCUT2D eigenvalue weighted by Gasteiger charge is 2.31. The predicted octanol–water partition coefficient (Wildman–Crippen LogP) is 5.77. The number of aryl methyl sites for hydroxylation is 1. The number of benzene rings is 3. The zero-order chi connectivity index (χ0) is 19.4. The van der Waals surface area contributed by atoms with Crippen molar-refractivity contribution in [3.63, 3.8) is 0 Å². The first-order valence-corrected chi connectivity index (χ1v) is 10.3. The molecule has 3 rings (SSSR count). The molecule has 140 valence electrons. The summed E-state index contributed by atoms with van der Waals surface area (Å²) < 4.78 is 54.5. The van der Waals surface area contributed by atoms with Crippen molar-refractivity contribution in [1.29, 1.82) is 0 Å². The maximum absolute atomic E-state index is 14.4. The third-order valence-corrected chi connectivity index (χ3v) is 6.78. The van der Waals surface area contributed by atoms with Crippen molar-refractivity contribution in [2.75, 3.05) is 0 Å². The fourth-order valence-electron chi connectivity index (χ4n) is 2.97. The fourth-order valence-corrected chi connectivity index (χ4v) is 4.88. The SMILES string of the molecule is O=S(=O)(c1ccc(Cl)cc1)C(CCc1ccccc1)c1cc(F)ccc1F. The Balaban J connectivity index is 2.03. The highest BCUT2D eigenvalue weighted by atomic mass is 35.5. The van der Waals surface area contributed by atoms with Gasteiger partial charge in [-0.1, -0.05) is 41.9 Å².